The maximum absolute atomic E-state index is 13.4. The molecular formula is C24H23FN2O5S. The van der Waals surface area contributed by atoms with Gasteiger partial charge in [-0.15, -0.1) is 0 Å². The number of aryl methyl sites for hydroxylation is 1. The number of hydrogen-bond acceptors (Lipinski definition) is 5. The molecule has 0 fully saturated rings. The number of nitrogens with one attached hydrogen (secondary N) is 1. The average molecular weight is 471 g/mol. The first-order chi connectivity index (χ1) is 15.7. The molecule has 1 N–H and O–H groups in total. The summed E-state index contributed by atoms with van der Waals surface area (Å²) in [7, 11) is -3.93. The van der Waals surface area contributed by atoms with Crippen molar-refractivity contribution in [3.8, 4) is 0 Å². The second-order valence-corrected chi connectivity index (χ2v) is 8.98. The number of sulfonamides is 1. The number of hydrogen-bond donors (Lipinski definition) is 1. The summed E-state index contributed by atoms with van der Waals surface area (Å²) in [4.78, 5) is 24.5. The van der Waals surface area contributed by atoms with E-state index >= 15 is 0 Å². The zero-order valence-electron chi connectivity index (χ0n) is 18.1. The van der Waals surface area contributed by atoms with Crippen molar-refractivity contribution in [3.63, 3.8) is 0 Å². The first-order valence-electron chi connectivity index (χ1n) is 10.1. The Morgan fingerprint density at radius 3 is 2.42 bits per heavy atom. The molecule has 0 aliphatic rings. The number of carbonyl (C=O) groups excluding carboxylic acids is 2. The fourth-order valence-corrected chi connectivity index (χ4v) is 4.65. The van der Waals surface area contributed by atoms with E-state index in [-0.39, 0.29) is 22.7 Å². The number of esters is 1. The molecule has 0 unspecified atom stereocenters. The number of rotatable bonds is 8. The third-order valence-corrected chi connectivity index (χ3v) is 6.70. The minimum Gasteiger partial charge on any atom is -0.452 e. The Morgan fingerprint density at radius 2 is 1.73 bits per heavy atom. The Balaban J connectivity index is 1.71. The third-order valence-electron chi connectivity index (χ3n) is 4.80. The molecule has 0 aliphatic heterocycles. The molecule has 0 bridgehead atoms. The van der Waals surface area contributed by atoms with Crippen LogP contribution in [0.25, 0.3) is 0 Å². The van der Waals surface area contributed by atoms with Crippen LogP contribution in [0.15, 0.2) is 77.7 Å². The van der Waals surface area contributed by atoms with E-state index < -0.39 is 34.3 Å². The van der Waals surface area contributed by atoms with Crippen molar-refractivity contribution in [2.24, 2.45) is 0 Å². The quantitative estimate of drug-likeness (QED) is 0.500. The van der Waals surface area contributed by atoms with E-state index in [1.807, 2.05) is 0 Å². The minimum atomic E-state index is -3.93. The number of para-hydroxylation sites is 1. The second kappa shape index (κ2) is 10.3. The van der Waals surface area contributed by atoms with Crippen LogP contribution in [0.3, 0.4) is 0 Å². The van der Waals surface area contributed by atoms with Crippen LogP contribution in [0, 0.1) is 12.7 Å². The van der Waals surface area contributed by atoms with Gasteiger partial charge in [-0.3, -0.25) is 9.10 Å². The van der Waals surface area contributed by atoms with Crippen LogP contribution in [-0.2, 0) is 19.6 Å². The van der Waals surface area contributed by atoms with Crippen LogP contribution in [0.4, 0.5) is 15.8 Å². The number of nitrogens with zero attached hydrogens (tertiary/aromatic N) is 1. The van der Waals surface area contributed by atoms with Gasteiger partial charge in [0, 0.05) is 12.2 Å². The molecule has 0 atom stereocenters. The number of benzene rings is 3. The summed E-state index contributed by atoms with van der Waals surface area (Å²) >= 11 is 0. The van der Waals surface area contributed by atoms with Crippen LogP contribution in [0.2, 0.25) is 0 Å². The van der Waals surface area contributed by atoms with Gasteiger partial charge in [-0.25, -0.2) is 17.6 Å². The van der Waals surface area contributed by atoms with Crippen molar-refractivity contribution in [1.29, 1.82) is 0 Å². The molecule has 0 heterocycles. The highest BCUT2D eigenvalue weighted by atomic mass is 32.2. The maximum Gasteiger partial charge on any atom is 0.338 e. The fourth-order valence-electron chi connectivity index (χ4n) is 3.13. The summed E-state index contributed by atoms with van der Waals surface area (Å²) < 4.78 is 45.9. The Bertz CT molecular complexity index is 1260. The number of halogens is 1. The monoisotopic (exact) mass is 470 g/mol. The van der Waals surface area contributed by atoms with E-state index in [0.29, 0.717) is 11.3 Å². The van der Waals surface area contributed by atoms with Crippen LogP contribution in [0.1, 0.15) is 22.8 Å². The van der Waals surface area contributed by atoms with E-state index in [4.69, 9.17) is 4.74 Å². The summed E-state index contributed by atoms with van der Waals surface area (Å²) in [5, 5.41) is 2.48. The Morgan fingerprint density at radius 1 is 1.00 bits per heavy atom. The van der Waals surface area contributed by atoms with Gasteiger partial charge in [-0.2, -0.15) is 0 Å². The van der Waals surface area contributed by atoms with Crippen molar-refractivity contribution in [3.05, 3.63) is 89.7 Å². The largest absolute Gasteiger partial charge is 0.452 e. The molecule has 0 aromatic heterocycles. The van der Waals surface area contributed by atoms with Crippen LogP contribution in [-0.4, -0.2) is 33.4 Å². The van der Waals surface area contributed by atoms with Crippen molar-refractivity contribution in [2.45, 2.75) is 18.7 Å². The second-order valence-electron chi connectivity index (χ2n) is 7.12. The fraction of sp³-hybridized carbons (Fsp3) is 0.167. The minimum absolute atomic E-state index is 0.0186. The molecule has 33 heavy (non-hydrogen) atoms. The molecule has 0 aliphatic carbocycles. The Hall–Kier alpha value is -3.72. The molecule has 0 spiro atoms. The van der Waals surface area contributed by atoms with Crippen LogP contribution >= 0.6 is 0 Å². The van der Waals surface area contributed by atoms with Crippen LogP contribution < -0.4 is 9.62 Å². The number of anilines is 2. The molecular weight excluding hydrogens is 447 g/mol. The molecule has 0 saturated heterocycles. The van der Waals surface area contributed by atoms with Gasteiger partial charge in [0.2, 0.25) is 0 Å². The SMILES string of the molecule is CCN(c1ccccc1)S(=O)(=O)c1cccc(C(=O)OCC(=O)Nc2cc(F)ccc2C)c1. The summed E-state index contributed by atoms with van der Waals surface area (Å²) in [6.45, 7) is 2.99. The number of amides is 1. The van der Waals surface area contributed by atoms with Gasteiger partial charge in [-0.1, -0.05) is 30.3 Å². The summed E-state index contributed by atoms with van der Waals surface area (Å²) in [6.07, 6.45) is 0. The van der Waals surface area contributed by atoms with Gasteiger partial charge in [0.05, 0.1) is 16.1 Å². The molecule has 7 nitrogen and oxygen atoms in total. The first kappa shape index (κ1) is 23.9. The zero-order valence-corrected chi connectivity index (χ0v) is 18.9. The van der Waals surface area contributed by atoms with Crippen molar-refractivity contribution in [2.75, 3.05) is 22.8 Å². The van der Waals surface area contributed by atoms with Gasteiger partial charge in [0.25, 0.3) is 15.9 Å². The van der Waals surface area contributed by atoms with E-state index in [2.05, 4.69) is 5.32 Å². The lowest BCUT2D eigenvalue weighted by molar-refractivity contribution is -0.119. The summed E-state index contributed by atoms with van der Waals surface area (Å²) in [5.74, 6) is -2.02. The van der Waals surface area contributed by atoms with Gasteiger partial charge in [-0.05, 0) is 61.9 Å². The van der Waals surface area contributed by atoms with Crippen molar-refractivity contribution < 1.29 is 27.1 Å². The lowest BCUT2D eigenvalue weighted by Crippen LogP contribution is -2.30. The predicted octanol–water partition coefficient (Wildman–Crippen LogP) is 4.14. The molecule has 9 heteroatoms. The van der Waals surface area contributed by atoms with E-state index in [9.17, 15) is 22.4 Å². The maximum atomic E-state index is 13.4. The standard InChI is InChI=1S/C24H23FN2O5S/c1-3-27(20-9-5-4-6-10-20)33(30,31)21-11-7-8-18(14-21)24(29)32-16-23(28)26-22-15-19(25)13-12-17(22)2/h4-15H,3,16H2,1-2H3,(H,26,28). The predicted molar refractivity (Wildman–Crippen MR) is 123 cm³/mol. The molecule has 3 aromatic rings. The lowest BCUT2D eigenvalue weighted by atomic mass is 10.2. The average Bonchev–Trinajstić information content (AvgIpc) is 2.81. The summed E-state index contributed by atoms with van der Waals surface area (Å²) in [6, 6.07) is 18.0. The Labute approximate surface area is 191 Å². The van der Waals surface area contributed by atoms with Crippen molar-refractivity contribution in [1.82, 2.24) is 0 Å². The highest BCUT2D eigenvalue weighted by Gasteiger charge is 2.24. The topological polar surface area (TPSA) is 92.8 Å². The molecule has 0 saturated carbocycles. The highest BCUT2D eigenvalue weighted by Crippen LogP contribution is 2.24. The Kier molecular flexibility index (Phi) is 7.44. The van der Waals surface area contributed by atoms with Gasteiger partial charge in [0.1, 0.15) is 5.82 Å². The number of ether oxygens (including phenoxy) is 1. The van der Waals surface area contributed by atoms with E-state index in [0.717, 1.165) is 6.07 Å². The summed E-state index contributed by atoms with van der Waals surface area (Å²) in [5.41, 5.74) is 1.39. The molecule has 3 aromatic carbocycles. The van der Waals surface area contributed by atoms with Crippen LogP contribution in [0.5, 0.6) is 0 Å². The lowest BCUT2D eigenvalue weighted by Gasteiger charge is -2.23. The molecule has 172 valence electrons. The van der Waals surface area contributed by atoms with E-state index in [1.165, 1.54) is 40.7 Å². The molecule has 0 radical (unpaired) electrons. The van der Waals surface area contributed by atoms with Crippen molar-refractivity contribution >= 4 is 33.3 Å². The third kappa shape index (κ3) is 5.75. The molecule has 1 amide bonds. The van der Waals surface area contributed by atoms with Gasteiger partial charge >= 0.3 is 5.97 Å². The van der Waals surface area contributed by atoms with Gasteiger partial charge < -0.3 is 10.1 Å². The zero-order chi connectivity index (χ0) is 24.0. The first-order valence-corrected chi connectivity index (χ1v) is 11.6. The highest BCUT2D eigenvalue weighted by molar-refractivity contribution is 7.92. The van der Waals surface area contributed by atoms with Gasteiger partial charge in [0.15, 0.2) is 6.61 Å². The number of carbonyl (C=O) groups is 2. The molecule has 3 rings (SSSR count). The van der Waals surface area contributed by atoms with E-state index in [1.54, 1.807) is 44.2 Å². The normalized spacial score (nSPS) is 11.0. The smallest absolute Gasteiger partial charge is 0.338 e.